The molecule has 0 heterocycles. The number of nitrogens with one attached hydrogen (secondary N) is 1. The van der Waals surface area contributed by atoms with E-state index in [4.69, 9.17) is 0 Å². The topological polar surface area (TPSA) is 92.8 Å². The summed E-state index contributed by atoms with van der Waals surface area (Å²) in [4.78, 5) is 22.5. The molecule has 1 N–H and O–H groups in total. The third-order valence-electron chi connectivity index (χ3n) is 1.97. The van der Waals surface area contributed by atoms with E-state index < -0.39 is 22.0 Å². The van der Waals surface area contributed by atoms with Crippen LogP contribution in [0.4, 0.5) is 4.79 Å². The van der Waals surface area contributed by atoms with E-state index in [9.17, 15) is 18.0 Å². The number of ether oxygens (including phenoxy) is 1. The number of hydrogen-bond donors (Lipinski definition) is 1. The molecule has 104 valence electrons. The lowest BCUT2D eigenvalue weighted by Gasteiger charge is -2.21. The summed E-state index contributed by atoms with van der Waals surface area (Å²) in [6.45, 7) is 2.60. The molecule has 7 nitrogen and oxygen atoms in total. The number of carbonyl (C=O) groups is 2. The van der Waals surface area contributed by atoms with Crippen LogP contribution in [0.15, 0.2) is 35.2 Å². The van der Waals surface area contributed by atoms with Crippen molar-refractivity contribution in [1.82, 2.24) is 9.84 Å². The molecule has 0 bridgehead atoms. The highest BCUT2D eigenvalue weighted by molar-refractivity contribution is 7.89. The van der Waals surface area contributed by atoms with Gasteiger partial charge in [0.25, 0.3) is 10.0 Å². The van der Waals surface area contributed by atoms with Crippen LogP contribution in [0.3, 0.4) is 0 Å². The van der Waals surface area contributed by atoms with Crippen LogP contribution in [0.25, 0.3) is 0 Å². The molecule has 0 unspecified atom stereocenters. The molecule has 2 amide bonds. The fourth-order valence-corrected chi connectivity index (χ4v) is 2.44. The first-order valence-electron chi connectivity index (χ1n) is 5.44. The van der Waals surface area contributed by atoms with Crippen LogP contribution in [-0.4, -0.2) is 31.4 Å². The van der Waals surface area contributed by atoms with Gasteiger partial charge in [-0.25, -0.2) is 10.2 Å². The van der Waals surface area contributed by atoms with Crippen LogP contribution < -0.4 is 5.43 Å². The summed E-state index contributed by atoms with van der Waals surface area (Å²) in [5.41, 5.74) is 1.94. The van der Waals surface area contributed by atoms with Crippen LogP contribution in [0.2, 0.25) is 0 Å². The minimum absolute atomic E-state index is 0.0147. The molecule has 19 heavy (non-hydrogen) atoms. The van der Waals surface area contributed by atoms with E-state index >= 15 is 0 Å². The molecular formula is C11H14N2O5S. The lowest BCUT2D eigenvalue weighted by Crippen LogP contribution is -2.49. The molecule has 1 rings (SSSR count). The average molecular weight is 286 g/mol. The van der Waals surface area contributed by atoms with Crippen molar-refractivity contribution in [2.24, 2.45) is 0 Å². The Morgan fingerprint density at radius 3 is 2.32 bits per heavy atom. The second-order valence-corrected chi connectivity index (χ2v) is 5.24. The van der Waals surface area contributed by atoms with Gasteiger partial charge in [0.2, 0.25) is 5.91 Å². The van der Waals surface area contributed by atoms with Crippen molar-refractivity contribution in [2.75, 3.05) is 6.61 Å². The van der Waals surface area contributed by atoms with Gasteiger partial charge >= 0.3 is 6.09 Å². The minimum atomic E-state index is -4.19. The SMILES string of the molecule is CCOC(=O)N(NC(C)=O)S(=O)(=O)c1ccccc1. The largest absolute Gasteiger partial charge is 0.448 e. The minimum Gasteiger partial charge on any atom is -0.448 e. The molecule has 0 aromatic heterocycles. The monoisotopic (exact) mass is 286 g/mol. The molecule has 0 aliphatic heterocycles. The number of rotatable bonds is 3. The molecule has 1 aromatic rings. The van der Waals surface area contributed by atoms with Gasteiger partial charge in [0.05, 0.1) is 11.5 Å². The summed E-state index contributed by atoms with van der Waals surface area (Å²) in [6, 6.07) is 7.26. The number of sulfonamides is 1. The van der Waals surface area contributed by atoms with E-state index in [0.29, 0.717) is 0 Å². The van der Waals surface area contributed by atoms with Crippen molar-refractivity contribution in [3.8, 4) is 0 Å². The summed E-state index contributed by atoms with van der Waals surface area (Å²) in [7, 11) is -4.19. The zero-order chi connectivity index (χ0) is 14.5. The Kier molecular flexibility index (Phi) is 4.87. The Morgan fingerprint density at radius 2 is 1.84 bits per heavy atom. The normalized spacial score (nSPS) is 10.6. The predicted molar refractivity (Wildman–Crippen MR) is 66.3 cm³/mol. The van der Waals surface area contributed by atoms with Crippen molar-refractivity contribution in [1.29, 1.82) is 0 Å². The summed E-state index contributed by atoms with van der Waals surface area (Å²) < 4.78 is 29.2. The summed E-state index contributed by atoms with van der Waals surface area (Å²) in [6.07, 6.45) is -1.17. The molecule has 0 atom stereocenters. The highest BCUT2D eigenvalue weighted by Gasteiger charge is 2.31. The first-order valence-corrected chi connectivity index (χ1v) is 6.88. The number of amides is 2. The van der Waals surface area contributed by atoms with E-state index in [1.807, 2.05) is 5.43 Å². The third-order valence-corrected chi connectivity index (χ3v) is 3.56. The quantitative estimate of drug-likeness (QED) is 0.833. The zero-order valence-corrected chi connectivity index (χ0v) is 11.3. The van der Waals surface area contributed by atoms with Crippen molar-refractivity contribution in [3.05, 3.63) is 30.3 Å². The highest BCUT2D eigenvalue weighted by atomic mass is 32.2. The Morgan fingerprint density at radius 1 is 1.26 bits per heavy atom. The smallest absolute Gasteiger partial charge is 0.443 e. The average Bonchev–Trinajstić information content (AvgIpc) is 2.37. The molecule has 0 aliphatic carbocycles. The van der Waals surface area contributed by atoms with Gasteiger partial charge in [0.15, 0.2) is 0 Å². The van der Waals surface area contributed by atoms with E-state index in [1.165, 1.54) is 31.2 Å². The van der Waals surface area contributed by atoms with Crippen molar-refractivity contribution in [3.63, 3.8) is 0 Å². The fraction of sp³-hybridized carbons (Fsp3) is 0.273. The molecule has 8 heteroatoms. The van der Waals surface area contributed by atoms with Gasteiger partial charge in [-0.1, -0.05) is 18.2 Å². The molecule has 1 aromatic carbocycles. The van der Waals surface area contributed by atoms with E-state index in [2.05, 4.69) is 4.74 Å². The van der Waals surface area contributed by atoms with Crippen LogP contribution in [-0.2, 0) is 19.6 Å². The second kappa shape index (κ2) is 6.19. The summed E-state index contributed by atoms with van der Waals surface area (Å²) in [5.74, 6) is -0.701. The number of nitrogens with zero attached hydrogens (tertiary/aromatic N) is 1. The molecule has 0 aliphatic rings. The van der Waals surface area contributed by atoms with Gasteiger partial charge in [-0.3, -0.25) is 4.79 Å². The van der Waals surface area contributed by atoms with Crippen LogP contribution in [0, 0.1) is 0 Å². The van der Waals surface area contributed by atoms with Crippen LogP contribution >= 0.6 is 0 Å². The van der Waals surface area contributed by atoms with Gasteiger partial charge in [0.1, 0.15) is 0 Å². The summed E-state index contributed by atoms with van der Waals surface area (Å²) in [5, 5.41) is 0. The molecule has 0 saturated heterocycles. The van der Waals surface area contributed by atoms with Crippen LogP contribution in [0.1, 0.15) is 13.8 Å². The van der Waals surface area contributed by atoms with Gasteiger partial charge in [0, 0.05) is 6.92 Å². The second-order valence-electron chi connectivity index (χ2n) is 3.45. The maximum absolute atomic E-state index is 12.2. The lowest BCUT2D eigenvalue weighted by molar-refractivity contribution is -0.121. The van der Waals surface area contributed by atoms with E-state index in [-0.39, 0.29) is 15.9 Å². The first kappa shape index (κ1) is 15.0. The molecule has 0 spiro atoms. The van der Waals surface area contributed by atoms with E-state index in [1.54, 1.807) is 6.07 Å². The zero-order valence-electron chi connectivity index (χ0n) is 10.5. The number of benzene rings is 1. The van der Waals surface area contributed by atoms with Gasteiger partial charge in [-0.2, -0.15) is 8.42 Å². The third kappa shape index (κ3) is 3.68. The molecule has 0 radical (unpaired) electrons. The number of hydrazine groups is 1. The Bertz CT molecular complexity index is 556. The highest BCUT2D eigenvalue weighted by Crippen LogP contribution is 2.14. The Hall–Kier alpha value is -2.09. The van der Waals surface area contributed by atoms with Gasteiger partial charge < -0.3 is 4.74 Å². The standard InChI is InChI=1S/C11H14N2O5S/c1-3-18-11(15)13(12-9(2)14)19(16,17)10-7-5-4-6-8-10/h4-8H,3H2,1-2H3,(H,12,14). The van der Waals surface area contributed by atoms with Crippen LogP contribution in [0.5, 0.6) is 0 Å². The Balaban J connectivity index is 3.16. The molecular weight excluding hydrogens is 272 g/mol. The summed E-state index contributed by atoms with van der Waals surface area (Å²) >= 11 is 0. The van der Waals surface area contributed by atoms with Crippen molar-refractivity contribution < 1.29 is 22.7 Å². The maximum Gasteiger partial charge on any atom is 0.443 e. The molecule has 0 saturated carbocycles. The Labute approximate surface area is 111 Å². The van der Waals surface area contributed by atoms with Crippen molar-refractivity contribution in [2.45, 2.75) is 18.7 Å². The predicted octanol–water partition coefficient (Wildman–Crippen LogP) is 0.885. The number of carbonyl (C=O) groups excluding carboxylic acids is 2. The number of hydrogen-bond acceptors (Lipinski definition) is 5. The fourth-order valence-electron chi connectivity index (χ4n) is 1.23. The van der Waals surface area contributed by atoms with E-state index in [0.717, 1.165) is 6.92 Å². The molecule has 0 fully saturated rings. The first-order chi connectivity index (χ1) is 8.89. The van der Waals surface area contributed by atoms with Gasteiger partial charge in [-0.15, -0.1) is 4.41 Å². The van der Waals surface area contributed by atoms with Gasteiger partial charge in [-0.05, 0) is 19.1 Å². The lowest BCUT2D eigenvalue weighted by atomic mass is 10.4. The van der Waals surface area contributed by atoms with Crippen molar-refractivity contribution >= 4 is 22.0 Å². The maximum atomic E-state index is 12.2.